The van der Waals surface area contributed by atoms with Crippen LogP contribution in [0.15, 0.2) is 250 Å². The molecular weight excluding hydrogens is 2100 g/mol. The van der Waals surface area contributed by atoms with Crippen LogP contribution in [0.3, 0.4) is 0 Å². The molecule has 31 nitrogen and oxygen atoms in total. The first-order valence-corrected chi connectivity index (χ1v) is 54.1. The number of ether oxygens (including phenoxy) is 1. The van der Waals surface area contributed by atoms with Crippen molar-refractivity contribution in [2.24, 2.45) is 0 Å². The van der Waals surface area contributed by atoms with Crippen LogP contribution in [0, 0.1) is 32.0 Å². The van der Waals surface area contributed by atoms with Gasteiger partial charge in [0.25, 0.3) is 0 Å². The zero-order chi connectivity index (χ0) is 103. The first-order valence-electron chi connectivity index (χ1n) is 44.0. The van der Waals surface area contributed by atoms with E-state index < -0.39 is 45.9 Å². The maximum Gasteiger partial charge on any atom is 0.234 e. The molecule has 0 aliphatic carbocycles. The number of fused-ring (bicyclic) bond motifs is 4. The summed E-state index contributed by atoms with van der Waals surface area (Å²) in [6.07, 6.45) is 22.1. The molecule has 744 valence electrons. The van der Waals surface area contributed by atoms with E-state index >= 15 is 0 Å². The highest BCUT2D eigenvalue weighted by Gasteiger charge is 2.24. The number of nitrogens with one attached hydrogen (secondary N) is 8. The zero-order valence-electron chi connectivity index (χ0n) is 78.1. The Balaban J connectivity index is 0.000000146. The van der Waals surface area contributed by atoms with Crippen LogP contribution in [0.2, 0.25) is 40.7 Å². The molecule has 0 saturated carbocycles. The van der Waals surface area contributed by atoms with E-state index in [0.29, 0.717) is 102 Å². The summed E-state index contributed by atoms with van der Waals surface area (Å²) in [5, 5.41) is 18.3. The number of aromatic nitrogens is 11. The third-order valence-corrected chi connectivity index (χ3v) is 28.6. The molecule has 1 aliphatic rings. The third-order valence-electron chi connectivity index (χ3n) is 22.3. The summed E-state index contributed by atoms with van der Waals surface area (Å²) >= 11 is 49.6. The minimum absolute atomic E-state index is 0.0248. The minimum atomic E-state index is -3.62. The summed E-state index contributed by atoms with van der Waals surface area (Å²) in [6, 6.07) is 57.8. The SMILES string of the molecule is C#Cc1cnc2ccc(-c3cnc(Cl)c(NS(C)(=O)=O)c3)cc2c1Nc1ccc(F)c(Cl)c1.CS(=O)(=O)Nc1cc(-c2ccc3nccc(Nc4ccc(OCc5ccccn5)c(Cl)c4)c3c2)cnc1Cl.Cc1ccc(Nc2ncnc3ccc(-c4cnc(Cl)c(NS(=O)(=O)CCN(C)C)c4)cc23)cc1Cl.Cc1ccc(Nc2ncnc3ccc(-c4cnc(Cl)c(NS(=O)(=O)CCN5CCN(C)CC5)c4)cc23)cc1Cl. The Morgan fingerprint density at radius 3 is 1.30 bits per heavy atom. The van der Waals surface area contributed by atoms with Gasteiger partial charge >= 0.3 is 0 Å². The van der Waals surface area contributed by atoms with Crippen LogP contribution in [0.4, 0.5) is 72.9 Å². The summed E-state index contributed by atoms with van der Waals surface area (Å²) in [5.74, 6) is 3.76. The van der Waals surface area contributed by atoms with E-state index in [0.717, 1.165) is 133 Å². The molecule has 1 aliphatic heterocycles. The first-order chi connectivity index (χ1) is 69.2. The minimum Gasteiger partial charge on any atom is -0.486 e. The molecule has 1 saturated heterocycles. The summed E-state index contributed by atoms with van der Waals surface area (Å²) in [6.45, 7) is 8.60. The molecule has 18 rings (SSSR count). The molecule has 0 amide bonds. The Kier molecular flexibility index (Phi) is 34.2. The highest BCUT2D eigenvalue weighted by atomic mass is 35.5. The molecule has 0 atom stereocenters. The monoisotopic (exact) mass is 2180 g/mol. The second-order valence-electron chi connectivity index (χ2n) is 33.5. The Bertz CT molecular complexity index is 8310. The third kappa shape index (κ3) is 28.7. The lowest BCUT2D eigenvalue weighted by molar-refractivity contribution is 0.161. The van der Waals surface area contributed by atoms with Gasteiger partial charge in [-0.15, -0.1) is 6.42 Å². The van der Waals surface area contributed by atoms with Gasteiger partial charge in [-0.3, -0.25) is 38.7 Å². The van der Waals surface area contributed by atoms with E-state index in [1.165, 1.54) is 31.0 Å². The number of piperazine rings is 1. The van der Waals surface area contributed by atoms with Crippen molar-refractivity contribution in [2.75, 3.05) is 125 Å². The number of pyridine rings is 7. The fourth-order valence-electron chi connectivity index (χ4n) is 14.7. The zero-order valence-corrected chi connectivity index (χ0v) is 87.4. The summed E-state index contributed by atoms with van der Waals surface area (Å²) in [5.41, 5.74) is 17.2. The van der Waals surface area contributed by atoms with E-state index in [4.69, 9.17) is 104 Å². The quantitative estimate of drug-likeness (QED) is 0.0159. The fraction of sp³-hybridized carbons (Fsp3) is 0.158. The van der Waals surface area contributed by atoms with Crippen molar-refractivity contribution < 1.29 is 42.8 Å². The normalized spacial score (nSPS) is 12.4. The largest absolute Gasteiger partial charge is 0.486 e. The smallest absolute Gasteiger partial charge is 0.234 e. The lowest BCUT2D eigenvalue weighted by Crippen LogP contribution is -2.46. The number of anilines is 12. The summed E-state index contributed by atoms with van der Waals surface area (Å²) in [7, 11) is -8.59. The Morgan fingerprint density at radius 1 is 0.407 bits per heavy atom. The highest BCUT2D eigenvalue weighted by Crippen LogP contribution is 2.41. The van der Waals surface area contributed by atoms with E-state index in [1.807, 2.05) is 161 Å². The van der Waals surface area contributed by atoms with E-state index in [9.17, 15) is 38.1 Å². The van der Waals surface area contributed by atoms with Gasteiger partial charge in [-0.1, -0.05) is 141 Å². The van der Waals surface area contributed by atoms with Gasteiger partial charge in [-0.2, -0.15) is 0 Å². The van der Waals surface area contributed by atoms with Crippen molar-refractivity contribution >= 4 is 245 Å². The number of aryl methyl sites for hydroxylation is 2. The second kappa shape index (κ2) is 46.8. The second-order valence-corrected chi connectivity index (χ2v) is 43.8. The van der Waals surface area contributed by atoms with Crippen molar-refractivity contribution in [3.05, 3.63) is 319 Å². The van der Waals surface area contributed by atoms with Crippen LogP contribution in [0.25, 0.3) is 88.1 Å². The van der Waals surface area contributed by atoms with Gasteiger partial charge in [-0.05, 0) is 220 Å². The standard InChI is InChI=1S/C27H29Cl2N7O2S.C27H21Cl2N5O3S.C24H24Cl2N6O2S.C23H15Cl2FN4O2S/c1-18-3-5-21(15-23(18)28)33-27-22-13-19(4-6-24(22)31-17-32-27)20-14-25(26(29)30-16-20)34-39(37,38)12-11-36-9-7-35(2)8-10-36;1-38(35,36)34-25-13-18(15-32-27(25)29)17-5-7-23-21(12-17)24(9-11-31-23)33-19-6-8-26(22(28)14-19)37-16-20-4-2-3-10-30-20;1-15-4-6-18(12-20(15)25)30-24-19-10-16(5-7-21(19)28-14-29-24)17-11-22(23(26)27-13-17)31-35(33,34)9-8-32(2)3;1-3-13-11-27-20-7-4-14(15-9-21(23(25)28-12-15)30-33(2,31)32)8-17(20)22(13)29-16-5-6-19(26)18(24)10-16/h3-6,13-17,34H,7-12H2,1-2H3,(H,31,32,33);2-15,34H,16H2,1H3,(H,31,33);4-7,10-14,31H,8-9H2,1-3H3,(H,28,29,30);1,4-12,30H,2H3,(H,27,29). The molecular formula is C101H89Cl8FN22O9S4. The number of hydrogen-bond acceptors (Lipinski definition) is 27. The van der Waals surface area contributed by atoms with Crippen LogP contribution in [-0.4, -0.2) is 188 Å². The number of sulfonamides is 4. The topological polar surface area (TPSA) is 394 Å². The summed E-state index contributed by atoms with van der Waals surface area (Å²) < 4.78 is 127. The summed E-state index contributed by atoms with van der Waals surface area (Å²) in [4.78, 5) is 53.5. The molecule has 145 heavy (non-hydrogen) atoms. The Hall–Kier alpha value is -13.3. The first kappa shape index (κ1) is 106. The van der Waals surface area contributed by atoms with Gasteiger partial charge in [0.05, 0.1) is 95.8 Å². The maximum atomic E-state index is 13.6. The average molecular weight is 2190 g/mol. The number of nitrogens with zero attached hydrogens (tertiary/aromatic N) is 14. The molecule has 1 fully saturated rings. The van der Waals surface area contributed by atoms with Crippen molar-refractivity contribution in [3.63, 3.8) is 0 Å². The van der Waals surface area contributed by atoms with Crippen LogP contribution in [-0.2, 0) is 46.7 Å². The van der Waals surface area contributed by atoms with Crippen LogP contribution in [0.1, 0.15) is 22.4 Å². The molecule has 44 heteroatoms. The average Bonchev–Trinajstić information content (AvgIpc) is 0.768. The molecule has 8 aromatic carbocycles. The van der Waals surface area contributed by atoms with Crippen LogP contribution in [0.5, 0.6) is 5.75 Å². The van der Waals surface area contributed by atoms with Gasteiger partial charge in [0.1, 0.15) is 42.5 Å². The molecule has 9 aromatic heterocycles. The lowest BCUT2D eigenvalue weighted by atomic mass is 10.0. The van der Waals surface area contributed by atoms with Crippen molar-refractivity contribution in [1.82, 2.24) is 69.5 Å². The van der Waals surface area contributed by atoms with Crippen molar-refractivity contribution in [3.8, 4) is 62.6 Å². The van der Waals surface area contributed by atoms with Gasteiger partial charge in [0, 0.05) is 165 Å². The van der Waals surface area contributed by atoms with Crippen LogP contribution < -0.4 is 44.9 Å². The maximum absolute atomic E-state index is 13.6. The van der Waals surface area contributed by atoms with E-state index in [-0.39, 0.29) is 59.9 Å². The molecule has 10 heterocycles. The predicted octanol–water partition coefficient (Wildman–Crippen LogP) is 22.9. The molecule has 0 unspecified atom stereocenters. The van der Waals surface area contributed by atoms with Gasteiger partial charge < -0.3 is 35.8 Å². The molecule has 8 N–H and O–H groups in total. The van der Waals surface area contributed by atoms with E-state index in [2.05, 4.69) is 118 Å². The molecule has 17 aromatic rings. The number of rotatable bonds is 29. The number of terminal acetylenes is 1. The van der Waals surface area contributed by atoms with E-state index in [1.54, 1.807) is 90.6 Å². The predicted molar refractivity (Wildman–Crippen MR) is 585 cm³/mol. The Labute approximate surface area is 876 Å². The highest BCUT2D eigenvalue weighted by molar-refractivity contribution is 7.93. The van der Waals surface area contributed by atoms with Crippen molar-refractivity contribution in [2.45, 2.75) is 20.5 Å². The van der Waals surface area contributed by atoms with Gasteiger partial charge in [0.15, 0.2) is 20.6 Å². The van der Waals surface area contributed by atoms with Gasteiger partial charge in [0.2, 0.25) is 40.1 Å². The number of benzene rings is 8. The van der Waals surface area contributed by atoms with Gasteiger partial charge in [-0.25, -0.2) is 77.9 Å². The van der Waals surface area contributed by atoms with Crippen LogP contribution >= 0.6 is 92.8 Å². The van der Waals surface area contributed by atoms with Crippen molar-refractivity contribution in [1.29, 1.82) is 0 Å². The molecule has 0 spiro atoms. The number of likely N-dealkylation sites (N-methyl/N-ethyl adjacent to an activating group) is 1. The Morgan fingerprint density at radius 2 is 0.841 bits per heavy atom. The molecule has 0 bridgehead atoms. The number of hydrogen-bond donors (Lipinski definition) is 8. The fourth-order valence-corrected chi connectivity index (χ4v) is 19.7. The number of halogens is 9. The lowest BCUT2D eigenvalue weighted by Gasteiger charge is -2.32. The molecule has 0 radical (unpaired) electrons.